The second-order valence-electron chi connectivity index (χ2n) is 3.49. The van der Waals surface area contributed by atoms with Crippen molar-refractivity contribution in [1.82, 2.24) is 10.6 Å². The summed E-state index contributed by atoms with van der Waals surface area (Å²) in [5.41, 5.74) is 0. The maximum atomic E-state index is 11.3. The van der Waals surface area contributed by atoms with Crippen LogP contribution >= 0.6 is 12.4 Å². The Bertz CT molecular complexity index is 164. The minimum absolute atomic E-state index is 0. The molecule has 0 radical (unpaired) electrons. The highest BCUT2D eigenvalue weighted by atomic mass is 35.5. The van der Waals surface area contributed by atoms with Crippen LogP contribution in [0.15, 0.2) is 0 Å². The molecule has 2 heterocycles. The molecule has 2 bridgehead atoms. The molecule has 0 aromatic carbocycles. The molecule has 0 spiro atoms. The highest BCUT2D eigenvalue weighted by Crippen LogP contribution is 2.17. The number of carbonyl (C=O) groups excluding carboxylic acids is 1. The van der Waals surface area contributed by atoms with Crippen LogP contribution in [0, 0.1) is 5.92 Å². The van der Waals surface area contributed by atoms with Gasteiger partial charge in [0.2, 0.25) is 5.91 Å². The molecule has 4 heteroatoms. The van der Waals surface area contributed by atoms with Gasteiger partial charge in [-0.05, 0) is 12.8 Å². The predicted molar refractivity (Wildman–Crippen MR) is 49.4 cm³/mol. The molecule has 0 aliphatic carbocycles. The van der Waals surface area contributed by atoms with Crippen molar-refractivity contribution in [3.63, 3.8) is 0 Å². The smallest absolute Gasteiger partial charge is 0.224 e. The van der Waals surface area contributed by atoms with E-state index in [1.807, 2.05) is 0 Å². The highest BCUT2D eigenvalue weighted by Gasteiger charge is 2.27. The van der Waals surface area contributed by atoms with Gasteiger partial charge in [-0.25, -0.2) is 0 Å². The molecule has 2 unspecified atom stereocenters. The largest absolute Gasteiger partial charge is 0.352 e. The maximum Gasteiger partial charge on any atom is 0.224 e. The summed E-state index contributed by atoms with van der Waals surface area (Å²) in [5, 5.41) is 6.34. The second-order valence-corrected chi connectivity index (χ2v) is 3.49. The van der Waals surface area contributed by atoms with Gasteiger partial charge in [-0.15, -0.1) is 12.4 Å². The number of rotatable bonds is 0. The standard InChI is InChI=1S/C8H14N2O.ClH/c11-8-6-2-1-3-7(10-8)5-9-4-6;/h6-7,9H,1-5H2,(H,10,11);1H. The minimum atomic E-state index is 0. The Hall–Kier alpha value is -0.280. The van der Waals surface area contributed by atoms with E-state index >= 15 is 0 Å². The number of nitrogens with one attached hydrogen (secondary N) is 2. The summed E-state index contributed by atoms with van der Waals surface area (Å²) in [7, 11) is 0. The van der Waals surface area contributed by atoms with E-state index in [0.29, 0.717) is 6.04 Å². The van der Waals surface area contributed by atoms with Crippen molar-refractivity contribution in [2.24, 2.45) is 5.92 Å². The van der Waals surface area contributed by atoms with Crippen molar-refractivity contribution in [3.05, 3.63) is 0 Å². The highest BCUT2D eigenvalue weighted by molar-refractivity contribution is 5.85. The van der Waals surface area contributed by atoms with Crippen LogP contribution in [0.2, 0.25) is 0 Å². The van der Waals surface area contributed by atoms with E-state index in [1.165, 1.54) is 6.42 Å². The van der Waals surface area contributed by atoms with Gasteiger partial charge in [0.15, 0.2) is 0 Å². The lowest BCUT2D eigenvalue weighted by molar-refractivity contribution is -0.124. The van der Waals surface area contributed by atoms with Gasteiger partial charge >= 0.3 is 0 Å². The quantitative estimate of drug-likeness (QED) is 0.577. The van der Waals surface area contributed by atoms with Gasteiger partial charge < -0.3 is 10.6 Å². The second kappa shape index (κ2) is 4.10. The molecule has 2 aliphatic rings. The molecule has 0 aromatic rings. The molecule has 3 nitrogen and oxygen atoms in total. The molecule has 2 rings (SSSR count). The Morgan fingerprint density at radius 1 is 1.25 bits per heavy atom. The molecule has 70 valence electrons. The molecule has 12 heavy (non-hydrogen) atoms. The summed E-state index contributed by atoms with van der Waals surface area (Å²) in [6.45, 7) is 1.84. The maximum absolute atomic E-state index is 11.3. The molecule has 0 aromatic heterocycles. The van der Waals surface area contributed by atoms with Gasteiger partial charge in [0, 0.05) is 19.1 Å². The first kappa shape index (κ1) is 9.81. The average Bonchev–Trinajstić information content (AvgIpc) is 2.16. The fraction of sp³-hybridized carbons (Fsp3) is 0.875. The SMILES string of the molecule is Cl.O=C1NC2CCCC1CNC2. The Morgan fingerprint density at radius 3 is 2.92 bits per heavy atom. The first-order chi connectivity index (χ1) is 5.36. The predicted octanol–water partition coefficient (Wildman–Crippen LogP) is 0.296. The zero-order valence-electron chi connectivity index (χ0n) is 7.01. The van der Waals surface area contributed by atoms with Crippen molar-refractivity contribution in [3.8, 4) is 0 Å². The van der Waals surface area contributed by atoms with Gasteiger partial charge in [0.1, 0.15) is 0 Å². The Labute approximate surface area is 78.7 Å². The van der Waals surface area contributed by atoms with Crippen LogP contribution in [-0.4, -0.2) is 25.0 Å². The minimum Gasteiger partial charge on any atom is -0.352 e. The van der Waals surface area contributed by atoms with Gasteiger partial charge in [-0.3, -0.25) is 4.79 Å². The van der Waals surface area contributed by atoms with Crippen molar-refractivity contribution >= 4 is 18.3 Å². The number of hydrogen-bond donors (Lipinski definition) is 2. The van der Waals surface area contributed by atoms with Gasteiger partial charge in [-0.1, -0.05) is 6.42 Å². The summed E-state index contributed by atoms with van der Waals surface area (Å²) >= 11 is 0. The first-order valence-electron chi connectivity index (χ1n) is 4.37. The lowest BCUT2D eigenvalue weighted by atomic mass is 10.0. The van der Waals surface area contributed by atoms with Crippen LogP contribution in [0.5, 0.6) is 0 Å². The molecule has 0 saturated carbocycles. The molecule has 2 atom stereocenters. The van der Waals surface area contributed by atoms with E-state index in [9.17, 15) is 4.79 Å². The molecule has 2 saturated heterocycles. The third-order valence-electron chi connectivity index (χ3n) is 2.60. The third-order valence-corrected chi connectivity index (χ3v) is 2.60. The molecule has 2 aliphatic heterocycles. The van der Waals surface area contributed by atoms with Crippen LogP contribution in [0.3, 0.4) is 0 Å². The first-order valence-corrected chi connectivity index (χ1v) is 4.37. The van der Waals surface area contributed by atoms with E-state index in [2.05, 4.69) is 10.6 Å². The number of amides is 1. The third kappa shape index (κ3) is 1.90. The van der Waals surface area contributed by atoms with E-state index in [-0.39, 0.29) is 24.2 Å². The lowest BCUT2D eigenvalue weighted by Gasteiger charge is -2.14. The summed E-state index contributed by atoms with van der Waals surface area (Å²) < 4.78 is 0. The van der Waals surface area contributed by atoms with E-state index in [1.54, 1.807) is 0 Å². The van der Waals surface area contributed by atoms with Crippen LogP contribution in [0.25, 0.3) is 0 Å². The molecule has 1 amide bonds. The zero-order valence-corrected chi connectivity index (χ0v) is 7.82. The van der Waals surface area contributed by atoms with E-state index in [4.69, 9.17) is 0 Å². The Balaban J connectivity index is 0.000000720. The van der Waals surface area contributed by atoms with Gasteiger partial charge in [0.25, 0.3) is 0 Å². The fourth-order valence-corrected chi connectivity index (χ4v) is 1.91. The molecule has 2 N–H and O–H groups in total. The molecular weight excluding hydrogens is 176 g/mol. The van der Waals surface area contributed by atoms with Gasteiger partial charge in [-0.2, -0.15) is 0 Å². The van der Waals surface area contributed by atoms with Crippen molar-refractivity contribution in [2.75, 3.05) is 13.1 Å². The van der Waals surface area contributed by atoms with E-state index in [0.717, 1.165) is 25.9 Å². The van der Waals surface area contributed by atoms with Crippen LogP contribution in [0.4, 0.5) is 0 Å². The van der Waals surface area contributed by atoms with Crippen molar-refractivity contribution in [2.45, 2.75) is 25.3 Å². The Kier molecular flexibility index (Phi) is 3.35. The monoisotopic (exact) mass is 190 g/mol. The number of hydrogen-bond acceptors (Lipinski definition) is 2. The number of halogens is 1. The van der Waals surface area contributed by atoms with Crippen LogP contribution in [0.1, 0.15) is 19.3 Å². The fourth-order valence-electron chi connectivity index (χ4n) is 1.91. The summed E-state index contributed by atoms with van der Waals surface area (Å²) in [5.74, 6) is 0.500. The van der Waals surface area contributed by atoms with Crippen molar-refractivity contribution < 1.29 is 4.79 Å². The number of carbonyl (C=O) groups is 1. The number of fused-ring (bicyclic) bond motifs is 3. The Morgan fingerprint density at radius 2 is 2.08 bits per heavy atom. The topological polar surface area (TPSA) is 41.1 Å². The lowest BCUT2D eigenvalue weighted by Crippen LogP contribution is -2.37. The van der Waals surface area contributed by atoms with Crippen molar-refractivity contribution in [1.29, 1.82) is 0 Å². The van der Waals surface area contributed by atoms with Crippen LogP contribution < -0.4 is 10.6 Å². The summed E-state index contributed by atoms with van der Waals surface area (Å²) in [6, 6.07) is 0.398. The summed E-state index contributed by atoms with van der Waals surface area (Å²) in [4.78, 5) is 11.3. The summed E-state index contributed by atoms with van der Waals surface area (Å²) in [6.07, 6.45) is 3.42. The molecular formula is C8H15ClN2O. The zero-order chi connectivity index (χ0) is 7.68. The average molecular weight is 191 g/mol. The normalized spacial score (nSPS) is 34.5. The van der Waals surface area contributed by atoms with Crippen LogP contribution in [-0.2, 0) is 4.79 Å². The van der Waals surface area contributed by atoms with E-state index < -0.39 is 0 Å². The molecule has 2 fully saturated rings. The van der Waals surface area contributed by atoms with Gasteiger partial charge in [0.05, 0.1) is 5.92 Å².